The summed E-state index contributed by atoms with van der Waals surface area (Å²) in [6.45, 7) is 7.71. The highest BCUT2D eigenvalue weighted by atomic mass is 15.3. The number of nitrogens with one attached hydrogen (secondary N) is 1. The maximum absolute atomic E-state index is 4.22. The molecule has 0 radical (unpaired) electrons. The van der Waals surface area contributed by atoms with Crippen LogP contribution in [0.3, 0.4) is 0 Å². The Morgan fingerprint density at radius 2 is 2.41 bits per heavy atom. The van der Waals surface area contributed by atoms with Gasteiger partial charge in [-0.2, -0.15) is 5.10 Å². The molecule has 1 aliphatic rings. The standard InChI is InChI=1S/C13H22N4/c1-11(2)9-17(10-12-5-3-7-14-12)13-6-4-8-15-16-13/h4,6,8,11-12,14H,3,5,7,9-10H2,1-2H3. The number of nitrogens with zero attached hydrogens (tertiary/aromatic N) is 3. The van der Waals surface area contributed by atoms with Gasteiger partial charge in [-0.25, -0.2) is 0 Å². The third kappa shape index (κ3) is 3.66. The minimum Gasteiger partial charge on any atom is -0.353 e. The maximum Gasteiger partial charge on any atom is 0.151 e. The summed E-state index contributed by atoms with van der Waals surface area (Å²) in [7, 11) is 0. The first-order chi connectivity index (χ1) is 8.25. The molecule has 1 aromatic heterocycles. The third-order valence-corrected chi connectivity index (χ3v) is 3.07. The molecule has 0 aliphatic carbocycles. The second kappa shape index (κ2) is 5.96. The Kier molecular flexibility index (Phi) is 4.31. The molecule has 0 saturated carbocycles. The summed E-state index contributed by atoms with van der Waals surface area (Å²) in [5.74, 6) is 1.63. The molecule has 0 spiro atoms. The number of anilines is 1. The molecule has 1 N–H and O–H groups in total. The molecular formula is C13H22N4. The van der Waals surface area contributed by atoms with Gasteiger partial charge in [0.25, 0.3) is 0 Å². The van der Waals surface area contributed by atoms with Crippen molar-refractivity contribution in [2.75, 3.05) is 24.5 Å². The first-order valence-electron chi connectivity index (χ1n) is 6.51. The molecule has 4 heteroatoms. The molecule has 94 valence electrons. The second-order valence-electron chi connectivity index (χ2n) is 5.17. The van der Waals surface area contributed by atoms with Crippen LogP contribution in [-0.4, -0.2) is 35.9 Å². The summed E-state index contributed by atoms with van der Waals surface area (Å²) < 4.78 is 0. The van der Waals surface area contributed by atoms with Gasteiger partial charge in [-0.3, -0.25) is 0 Å². The molecule has 2 heterocycles. The Morgan fingerprint density at radius 3 is 3.00 bits per heavy atom. The van der Waals surface area contributed by atoms with Gasteiger partial charge in [-0.15, -0.1) is 5.10 Å². The molecule has 0 bridgehead atoms. The van der Waals surface area contributed by atoms with Crippen LogP contribution in [0.1, 0.15) is 26.7 Å². The van der Waals surface area contributed by atoms with Gasteiger partial charge < -0.3 is 10.2 Å². The van der Waals surface area contributed by atoms with Crippen LogP contribution in [0.5, 0.6) is 0 Å². The molecule has 1 fully saturated rings. The SMILES string of the molecule is CC(C)CN(CC1CCCN1)c1cccnn1. The lowest BCUT2D eigenvalue weighted by molar-refractivity contribution is 0.536. The highest BCUT2D eigenvalue weighted by Crippen LogP contribution is 2.14. The summed E-state index contributed by atoms with van der Waals surface area (Å²) in [4.78, 5) is 2.35. The molecule has 1 saturated heterocycles. The zero-order chi connectivity index (χ0) is 12.1. The summed E-state index contributed by atoms with van der Waals surface area (Å²) in [6.07, 6.45) is 4.29. The molecule has 1 aromatic rings. The summed E-state index contributed by atoms with van der Waals surface area (Å²) in [5, 5.41) is 11.7. The van der Waals surface area contributed by atoms with Crippen LogP contribution in [0, 0.1) is 5.92 Å². The molecule has 1 atom stereocenters. The van der Waals surface area contributed by atoms with Gasteiger partial charge in [0.1, 0.15) is 0 Å². The third-order valence-electron chi connectivity index (χ3n) is 3.07. The van der Waals surface area contributed by atoms with Gasteiger partial charge in [0.05, 0.1) is 0 Å². The fourth-order valence-electron chi connectivity index (χ4n) is 2.34. The zero-order valence-corrected chi connectivity index (χ0v) is 10.8. The van der Waals surface area contributed by atoms with E-state index in [1.54, 1.807) is 6.20 Å². The van der Waals surface area contributed by atoms with E-state index in [-0.39, 0.29) is 0 Å². The number of rotatable bonds is 5. The molecule has 1 unspecified atom stereocenters. The van der Waals surface area contributed by atoms with Crippen molar-refractivity contribution in [1.82, 2.24) is 15.5 Å². The van der Waals surface area contributed by atoms with E-state index in [9.17, 15) is 0 Å². The van der Waals surface area contributed by atoms with Crippen LogP contribution in [0.15, 0.2) is 18.3 Å². The Labute approximate surface area is 103 Å². The van der Waals surface area contributed by atoms with Crippen molar-refractivity contribution >= 4 is 5.82 Å². The van der Waals surface area contributed by atoms with Crippen LogP contribution >= 0.6 is 0 Å². The lowest BCUT2D eigenvalue weighted by Crippen LogP contribution is -2.39. The van der Waals surface area contributed by atoms with E-state index >= 15 is 0 Å². The van der Waals surface area contributed by atoms with E-state index < -0.39 is 0 Å². The Bertz CT molecular complexity index is 319. The van der Waals surface area contributed by atoms with Gasteiger partial charge in [0.2, 0.25) is 0 Å². The average Bonchev–Trinajstić information content (AvgIpc) is 2.82. The van der Waals surface area contributed by atoms with Crippen LogP contribution in [-0.2, 0) is 0 Å². The molecular weight excluding hydrogens is 212 g/mol. The topological polar surface area (TPSA) is 41.0 Å². The van der Waals surface area contributed by atoms with Gasteiger partial charge in [-0.1, -0.05) is 13.8 Å². The minimum atomic E-state index is 0.607. The lowest BCUT2D eigenvalue weighted by atomic mass is 10.1. The largest absolute Gasteiger partial charge is 0.353 e. The van der Waals surface area contributed by atoms with Crippen molar-refractivity contribution in [2.45, 2.75) is 32.7 Å². The summed E-state index contributed by atoms with van der Waals surface area (Å²) in [5.41, 5.74) is 0. The predicted octanol–water partition coefficient (Wildman–Crippen LogP) is 1.69. The normalized spacial score (nSPS) is 19.8. The van der Waals surface area contributed by atoms with Crippen LogP contribution < -0.4 is 10.2 Å². The van der Waals surface area contributed by atoms with Gasteiger partial charge in [0.15, 0.2) is 5.82 Å². The van der Waals surface area contributed by atoms with Crippen LogP contribution in [0.2, 0.25) is 0 Å². The number of hydrogen-bond acceptors (Lipinski definition) is 4. The van der Waals surface area contributed by atoms with Crippen LogP contribution in [0.4, 0.5) is 5.82 Å². The van der Waals surface area contributed by atoms with Crippen molar-refractivity contribution in [2.24, 2.45) is 5.92 Å². The number of aromatic nitrogens is 2. The first-order valence-corrected chi connectivity index (χ1v) is 6.51. The van der Waals surface area contributed by atoms with Crippen molar-refractivity contribution in [1.29, 1.82) is 0 Å². The Balaban J connectivity index is 2.02. The highest BCUT2D eigenvalue weighted by molar-refractivity contribution is 5.36. The van der Waals surface area contributed by atoms with Gasteiger partial charge >= 0.3 is 0 Å². The zero-order valence-electron chi connectivity index (χ0n) is 10.8. The maximum atomic E-state index is 4.22. The second-order valence-corrected chi connectivity index (χ2v) is 5.17. The summed E-state index contributed by atoms with van der Waals surface area (Å²) in [6, 6.07) is 4.61. The fraction of sp³-hybridized carbons (Fsp3) is 0.692. The van der Waals surface area contributed by atoms with Crippen molar-refractivity contribution in [3.8, 4) is 0 Å². The molecule has 17 heavy (non-hydrogen) atoms. The highest BCUT2D eigenvalue weighted by Gasteiger charge is 2.19. The van der Waals surface area contributed by atoms with E-state index in [1.165, 1.54) is 12.8 Å². The Morgan fingerprint density at radius 1 is 1.53 bits per heavy atom. The van der Waals surface area contributed by atoms with E-state index in [0.29, 0.717) is 12.0 Å². The monoisotopic (exact) mass is 234 g/mol. The van der Waals surface area contributed by atoms with Gasteiger partial charge in [-0.05, 0) is 37.4 Å². The first kappa shape index (κ1) is 12.3. The van der Waals surface area contributed by atoms with E-state index in [1.807, 2.05) is 12.1 Å². The fourth-order valence-corrected chi connectivity index (χ4v) is 2.34. The van der Waals surface area contributed by atoms with E-state index in [4.69, 9.17) is 0 Å². The molecule has 0 amide bonds. The van der Waals surface area contributed by atoms with Crippen molar-refractivity contribution in [3.05, 3.63) is 18.3 Å². The van der Waals surface area contributed by atoms with Gasteiger partial charge in [0, 0.05) is 25.3 Å². The molecule has 4 nitrogen and oxygen atoms in total. The quantitative estimate of drug-likeness (QED) is 0.842. The number of hydrogen-bond donors (Lipinski definition) is 1. The average molecular weight is 234 g/mol. The summed E-state index contributed by atoms with van der Waals surface area (Å²) >= 11 is 0. The van der Waals surface area contributed by atoms with E-state index in [2.05, 4.69) is 34.3 Å². The minimum absolute atomic E-state index is 0.607. The smallest absolute Gasteiger partial charge is 0.151 e. The molecule has 0 aromatic carbocycles. The van der Waals surface area contributed by atoms with Crippen molar-refractivity contribution < 1.29 is 0 Å². The van der Waals surface area contributed by atoms with Crippen LogP contribution in [0.25, 0.3) is 0 Å². The molecule has 1 aliphatic heterocycles. The van der Waals surface area contributed by atoms with E-state index in [0.717, 1.165) is 25.5 Å². The molecule has 2 rings (SSSR count). The lowest BCUT2D eigenvalue weighted by Gasteiger charge is -2.28. The predicted molar refractivity (Wildman–Crippen MR) is 70.1 cm³/mol. The van der Waals surface area contributed by atoms with Crippen molar-refractivity contribution in [3.63, 3.8) is 0 Å². The Hall–Kier alpha value is -1.16.